The third-order valence-electron chi connectivity index (χ3n) is 3.29. The number of rotatable bonds is 6. The van der Waals surface area contributed by atoms with E-state index < -0.39 is 5.82 Å². The van der Waals surface area contributed by atoms with Gasteiger partial charge in [-0.25, -0.2) is 15.2 Å². The van der Waals surface area contributed by atoms with Gasteiger partial charge in [0.2, 0.25) is 5.95 Å². The Morgan fingerprint density at radius 1 is 1.29 bits per heavy atom. The highest BCUT2D eigenvalue weighted by Crippen LogP contribution is 2.26. The number of nitrogens with one attached hydrogen (secondary N) is 2. The number of anilines is 2. The molecule has 17 heavy (non-hydrogen) atoms. The molecule has 0 atom stereocenters. The summed E-state index contributed by atoms with van der Waals surface area (Å²) in [6.45, 7) is 6.21. The predicted octanol–water partition coefficient (Wildman–Crippen LogP) is 2.28. The number of hydrazine groups is 1. The summed E-state index contributed by atoms with van der Waals surface area (Å²) in [5.74, 6) is 5.13. The zero-order valence-electron chi connectivity index (χ0n) is 10.5. The number of aromatic nitrogens is 2. The van der Waals surface area contributed by atoms with E-state index in [0.29, 0.717) is 0 Å². The monoisotopic (exact) mass is 241 g/mol. The lowest BCUT2D eigenvalue weighted by molar-refractivity contribution is 0.415. The number of nitrogens with zero attached hydrogens (tertiary/aromatic N) is 2. The van der Waals surface area contributed by atoms with E-state index in [1.165, 1.54) is 0 Å². The molecular weight excluding hydrogens is 221 g/mol. The Balaban J connectivity index is 2.99. The minimum absolute atomic E-state index is 0.138. The van der Waals surface area contributed by atoms with Crippen molar-refractivity contribution in [2.75, 3.05) is 10.7 Å². The Hall–Kier alpha value is -1.43. The van der Waals surface area contributed by atoms with Gasteiger partial charge in [-0.3, -0.25) is 5.43 Å². The average molecular weight is 241 g/mol. The lowest BCUT2D eigenvalue weighted by Crippen LogP contribution is -2.37. The molecule has 0 unspecified atom stereocenters. The van der Waals surface area contributed by atoms with E-state index in [1.54, 1.807) is 0 Å². The largest absolute Gasteiger partial charge is 0.362 e. The van der Waals surface area contributed by atoms with Crippen LogP contribution in [0.2, 0.25) is 0 Å². The minimum Gasteiger partial charge on any atom is -0.362 e. The fourth-order valence-corrected chi connectivity index (χ4v) is 1.79. The Morgan fingerprint density at radius 3 is 2.35 bits per heavy atom. The van der Waals surface area contributed by atoms with E-state index in [4.69, 9.17) is 5.84 Å². The number of nitrogen functional groups attached to an aromatic ring is 1. The molecule has 0 fully saturated rings. The molecule has 0 amide bonds. The lowest BCUT2D eigenvalue weighted by Gasteiger charge is -2.32. The minimum atomic E-state index is -0.469. The van der Waals surface area contributed by atoms with Crippen LogP contribution in [0.1, 0.15) is 40.0 Å². The molecule has 1 aromatic heterocycles. The van der Waals surface area contributed by atoms with Crippen molar-refractivity contribution in [2.24, 2.45) is 5.84 Å². The van der Waals surface area contributed by atoms with Crippen LogP contribution in [0.3, 0.4) is 0 Å². The number of nitrogens with two attached hydrogens (primary N) is 1. The van der Waals surface area contributed by atoms with Gasteiger partial charge in [-0.15, -0.1) is 0 Å². The molecule has 0 aliphatic rings. The van der Waals surface area contributed by atoms with Crippen LogP contribution in [-0.2, 0) is 0 Å². The number of hydrogen-bond donors (Lipinski definition) is 3. The Labute approximate surface area is 101 Å². The highest BCUT2D eigenvalue weighted by molar-refractivity contribution is 5.42. The molecule has 0 radical (unpaired) electrons. The van der Waals surface area contributed by atoms with Gasteiger partial charge in [-0.2, -0.15) is 4.98 Å². The second-order valence-corrected chi connectivity index (χ2v) is 4.00. The quantitative estimate of drug-likeness (QED) is 0.526. The summed E-state index contributed by atoms with van der Waals surface area (Å²) < 4.78 is 13.6. The Kier molecular flexibility index (Phi) is 4.62. The molecule has 0 aliphatic carbocycles. The molecule has 1 heterocycles. The molecule has 0 spiro atoms. The van der Waals surface area contributed by atoms with Gasteiger partial charge in [0, 0.05) is 5.54 Å². The van der Waals surface area contributed by atoms with Crippen molar-refractivity contribution < 1.29 is 4.39 Å². The van der Waals surface area contributed by atoms with Crippen molar-refractivity contribution in [1.29, 1.82) is 0 Å². The predicted molar refractivity (Wildman–Crippen MR) is 67.0 cm³/mol. The molecule has 96 valence electrons. The fraction of sp³-hybridized carbons (Fsp3) is 0.636. The summed E-state index contributed by atoms with van der Waals surface area (Å²) in [7, 11) is 0. The Morgan fingerprint density at radius 2 is 1.88 bits per heavy atom. The summed E-state index contributed by atoms with van der Waals surface area (Å²) in [4.78, 5) is 7.69. The van der Waals surface area contributed by atoms with Crippen LogP contribution in [0.15, 0.2) is 6.20 Å². The number of hydrogen-bond acceptors (Lipinski definition) is 5. The van der Waals surface area contributed by atoms with Crippen molar-refractivity contribution in [3.63, 3.8) is 0 Å². The average Bonchev–Trinajstić information content (AvgIpc) is 2.38. The van der Waals surface area contributed by atoms with E-state index in [-0.39, 0.29) is 17.3 Å². The van der Waals surface area contributed by atoms with E-state index in [2.05, 4.69) is 41.5 Å². The van der Waals surface area contributed by atoms with Gasteiger partial charge in [0.25, 0.3) is 0 Å². The standard InChI is InChI=1S/C11H20FN5/c1-4-11(5-2,6-3)16-9-8(12)7-14-10(15-9)17-13/h7H,4-6,13H2,1-3H3,(H2,14,15,16,17). The maximum atomic E-state index is 13.6. The molecular formula is C11H20FN5. The normalized spacial score (nSPS) is 11.4. The summed E-state index contributed by atoms with van der Waals surface area (Å²) in [6.07, 6.45) is 3.80. The smallest absolute Gasteiger partial charge is 0.239 e. The highest BCUT2D eigenvalue weighted by atomic mass is 19.1. The van der Waals surface area contributed by atoms with Crippen molar-refractivity contribution in [3.8, 4) is 0 Å². The molecule has 0 saturated carbocycles. The molecule has 1 aromatic rings. The first kappa shape index (κ1) is 13.6. The van der Waals surface area contributed by atoms with Gasteiger partial charge in [0.05, 0.1) is 6.20 Å². The molecule has 6 heteroatoms. The van der Waals surface area contributed by atoms with Crippen LogP contribution >= 0.6 is 0 Å². The van der Waals surface area contributed by atoms with Gasteiger partial charge in [-0.05, 0) is 19.3 Å². The van der Waals surface area contributed by atoms with Crippen LogP contribution in [0.25, 0.3) is 0 Å². The van der Waals surface area contributed by atoms with Crippen molar-refractivity contribution in [1.82, 2.24) is 9.97 Å². The van der Waals surface area contributed by atoms with Crippen molar-refractivity contribution >= 4 is 11.8 Å². The first-order valence-electron chi connectivity index (χ1n) is 5.88. The first-order chi connectivity index (χ1) is 8.10. The summed E-state index contributed by atoms with van der Waals surface area (Å²) in [6, 6.07) is 0. The zero-order chi connectivity index (χ0) is 12.9. The van der Waals surface area contributed by atoms with Crippen molar-refractivity contribution in [3.05, 3.63) is 12.0 Å². The molecule has 0 saturated heterocycles. The summed E-state index contributed by atoms with van der Waals surface area (Å²) in [5, 5.41) is 3.16. The Bertz CT molecular complexity index is 357. The van der Waals surface area contributed by atoms with E-state index in [0.717, 1.165) is 25.5 Å². The molecule has 0 aliphatic heterocycles. The van der Waals surface area contributed by atoms with Gasteiger partial charge < -0.3 is 5.32 Å². The van der Waals surface area contributed by atoms with Crippen LogP contribution < -0.4 is 16.6 Å². The van der Waals surface area contributed by atoms with Gasteiger partial charge in [0.1, 0.15) is 0 Å². The van der Waals surface area contributed by atoms with E-state index in [9.17, 15) is 4.39 Å². The van der Waals surface area contributed by atoms with Crippen LogP contribution in [-0.4, -0.2) is 15.5 Å². The second-order valence-electron chi connectivity index (χ2n) is 4.00. The van der Waals surface area contributed by atoms with E-state index >= 15 is 0 Å². The van der Waals surface area contributed by atoms with Crippen molar-refractivity contribution in [2.45, 2.75) is 45.6 Å². The van der Waals surface area contributed by atoms with Gasteiger partial charge in [0.15, 0.2) is 11.6 Å². The molecule has 5 nitrogen and oxygen atoms in total. The third kappa shape index (κ3) is 3.03. The fourth-order valence-electron chi connectivity index (χ4n) is 1.79. The molecule has 4 N–H and O–H groups in total. The summed E-state index contributed by atoms with van der Waals surface area (Å²) in [5.41, 5.74) is 2.17. The van der Waals surface area contributed by atoms with Crippen LogP contribution in [0.5, 0.6) is 0 Å². The van der Waals surface area contributed by atoms with Crippen LogP contribution in [0, 0.1) is 5.82 Å². The molecule has 1 rings (SSSR count). The molecule has 0 aromatic carbocycles. The highest BCUT2D eigenvalue weighted by Gasteiger charge is 2.25. The van der Waals surface area contributed by atoms with Crippen LogP contribution in [0.4, 0.5) is 16.2 Å². The number of halogens is 1. The first-order valence-corrected chi connectivity index (χ1v) is 5.88. The maximum absolute atomic E-state index is 13.6. The molecule has 0 bridgehead atoms. The second kappa shape index (κ2) is 5.77. The topological polar surface area (TPSA) is 75.9 Å². The van der Waals surface area contributed by atoms with Gasteiger partial charge >= 0.3 is 0 Å². The van der Waals surface area contributed by atoms with Gasteiger partial charge in [-0.1, -0.05) is 20.8 Å². The zero-order valence-corrected chi connectivity index (χ0v) is 10.5. The summed E-state index contributed by atoms with van der Waals surface area (Å²) >= 11 is 0. The third-order valence-corrected chi connectivity index (χ3v) is 3.29. The van der Waals surface area contributed by atoms with E-state index in [1.807, 2.05) is 0 Å². The lowest BCUT2D eigenvalue weighted by atomic mass is 9.90. The maximum Gasteiger partial charge on any atom is 0.239 e. The SMILES string of the molecule is CCC(CC)(CC)Nc1nc(NN)ncc1F.